The molecule has 0 amide bonds. The summed E-state index contributed by atoms with van der Waals surface area (Å²) in [5, 5.41) is 0.428. The maximum atomic E-state index is 6.00. The molecule has 0 aliphatic heterocycles. The summed E-state index contributed by atoms with van der Waals surface area (Å²) in [6, 6.07) is 9.52. The van der Waals surface area contributed by atoms with Crippen LogP contribution < -0.4 is 5.73 Å². The van der Waals surface area contributed by atoms with Crippen molar-refractivity contribution in [2.24, 2.45) is 0 Å². The summed E-state index contributed by atoms with van der Waals surface area (Å²) in [7, 11) is 0. The Bertz CT molecular complexity index is 462. The number of pyridine rings is 1. The highest BCUT2D eigenvalue weighted by atomic mass is 79.9. The van der Waals surface area contributed by atoms with E-state index < -0.39 is 0 Å². The smallest absolute Gasteiger partial charge is 0.138 e. The molecule has 0 saturated carbocycles. The zero-order valence-corrected chi connectivity index (χ0v) is 10.1. The van der Waals surface area contributed by atoms with Gasteiger partial charge in [0, 0.05) is 21.9 Å². The first-order chi connectivity index (χ1) is 7.18. The number of hydrogen-bond acceptors (Lipinski definition) is 2. The second-order valence-electron chi connectivity index (χ2n) is 3.07. The molecule has 0 bridgehead atoms. The molecular formula is C11H8BrClN2. The van der Waals surface area contributed by atoms with Crippen molar-refractivity contribution in [3.05, 3.63) is 46.2 Å². The maximum Gasteiger partial charge on any atom is 0.138 e. The van der Waals surface area contributed by atoms with Crippen LogP contribution in [0.15, 0.2) is 41.0 Å². The van der Waals surface area contributed by atoms with Crippen LogP contribution >= 0.6 is 27.5 Å². The number of aromatic nitrogens is 1. The molecule has 0 unspecified atom stereocenters. The second kappa shape index (κ2) is 4.21. The van der Waals surface area contributed by atoms with Gasteiger partial charge in [0.25, 0.3) is 0 Å². The summed E-state index contributed by atoms with van der Waals surface area (Å²) in [6.45, 7) is 0. The molecule has 2 rings (SSSR count). The van der Waals surface area contributed by atoms with Crippen molar-refractivity contribution < 1.29 is 0 Å². The lowest BCUT2D eigenvalue weighted by atomic mass is 10.1. The number of halogens is 2. The largest absolute Gasteiger partial charge is 0.398 e. The van der Waals surface area contributed by atoms with E-state index in [1.807, 2.05) is 24.3 Å². The number of hydrogen-bond donors (Lipinski definition) is 1. The highest BCUT2D eigenvalue weighted by Gasteiger charge is 2.07. The van der Waals surface area contributed by atoms with Gasteiger partial charge in [0.15, 0.2) is 0 Å². The molecule has 0 radical (unpaired) electrons. The lowest BCUT2D eigenvalue weighted by molar-refractivity contribution is 1.33. The number of nitrogen functional groups attached to an aromatic ring is 1. The third-order valence-electron chi connectivity index (χ3n) is 2.07. The first kappa shape index (κ1) is 10.5. The van der Waals surface area contributed by atoms with Crippen LogP contribution in [0.25, 0.3) is 11.1 Å². The Kier molecular flexibility index (Phi) is 2.93. The SMILES string of the molecule is Nc1ccnc(Cl)c1-c1ccc(Br)cc1. The number of nitrogens with zero attached hydrogens (tertiary/aromatic N) is 1. The second-order valence-corrected chi connectivity index (χ2v) is 4.35. The van der Waals surface area contributed by atoms with Crippen molar-refractivity contribution in [1.29, 1.82) is 0 Å². The first-order valence-electron chi connectivity index (χ1n) is 4.34. The van der Waals surface area contributed by atoms with E-state index in [9.17, 15) is 0 Å². The van der Waals surface area contributed by atoms with Crippen LogP contribution in [-0.2, 0) is 0 Å². The van der Waals surface area contributed by atoms with Gasteiger partial charge in [-0.1, -0.05) is 39.7 Å². The number of rotatable bonds is 1. The van der Waals surface area contributed by atoms with Crippen LogP contribution in [0.5, 0.6) is 0 Å². The quantitative estimate of drug-likeness (QED) is 0.810. The Balaban J connectivity index is 2.58. The standard InChI is InChI=1S/C11H8BrClN2/c12-8-3-1-7(2-4-8)10-9(14)5-6-15-11(10)13/h1-6H,(H2,14,15). The van der Waals surface area contributed by atoms with Gasteiger partial charge in [-0.15, -0.1) is 0 Å². The number of anilines is 1. The number of benzene rings is 1. The minimum absolute atomic E-state index is 0.428. The summed E-state index contributed by atoms with van der Waals surface area (Å²) in [5.41, 5.74) is 8.24. The zero-order chi connectivity index (χ0) is 10.8. The van der Waals surface area contributed by atoms with Crippen LogP contribution in [0.2, 0.25) is 5.15 Å². The van der Waals surface area contributed by atoms with E-state index in [0.29, 0.717) is 10.8 Å². The predicted octanol–water partition coefficient (Wildman–Crippen LogP) is 3.75. The summed E-state index contributed by atoms with van der Waals surface area (Å²) >= 11 is 9.38. The average molecular weight is 284 g/mol. The van der Waals surface area contributed by atoms with E-state index in [-0.39, 0.29) is 0 Å². The molecule has 2 nitrogen and oxygen atoms in total. The van der Waals surface area contributed by atoms with Crippen LogP contribution in [-0.4, -0.2) is 4.98 Å². The summed E-state index contributed by atoms with van der Waals surface area (Å²) in [4.78, 5) is 4.01. The third kappa shape index (κ3) is 2.13. The van der Waals surface area contributed by atoms with Crippen molar-refractivity contribution in [3.63, 3.8) is 0 Å². The van der Waals surface area contributed by atoms with E-state index >= 15 is 0 Å². The lowest BCUT2D eigenvalue weighted by Crippen LogP contribution is -1.92. The fourth-order valence-corrected chi connectivity index (χ4v) is 1.89. The Morgan fingerprint density at radius 1 is 1.13 bits per heavy atom. The monoisotopic (exact) mass is 282 g/mol. The molecule has 0 saturated heterocycles. The molecule has 15 heavy (non-hydrogen) atoms. The van der Waals surface area contributed by atoms with E-state index in [1.165, 1.54) is 0 Å². The minimum Gasteiger partial charge on any atom is -0.398 e. The fraction of sp³-hybridized carbons (Fsp3) is 0. The average Bonchev–Trinajstić information content (AvgIpc) is 2.20. The molecule has 0 atom stereocenters. The van der Waals surface area contributed by atoms with Gasteiger partial charge in [0.05, 0.1) is 0 Å². The molecule has 1 heterocycles. The molecule has 4 heteroatoms. The van der Waals surface area contributed by atoms with E-state index in [2.05, 4.69) is 20.9 Å². The molecule has 2 aromatic rings. The maximum absolute atomic E-state index is 6.00. The topological polar surface area (TPSA) is 38.9 Å². The predicted molar refractivity (Wildman–Crippen MR) is 66.8 cm³/mol. The molecule has 0 aliphatic rings. The van der Waals surface area contributed by atoms with E-state index in [4.69, 9.17) is 17.3 Å². The van der Waals surface area contributed by atoms with Gasteiger partial charge in [-0.2, -0.15) is 0 Å². The third-order valence-corrected chi connectivity index (χ3v) is 2.89. The molecule has 76 valence electrons. The molecule has 0 fully saturated rings. The Hall–Kier alpha value is -1.06. The minimum atomic E-state index is 0.428. The van der Waals surface area contributed by atoms with Gasteiger partial charge < -0.3 is 5.73 Å². The molecular weight excluding hydrogens is 275 g/mol. The first-order valence-corrected chi connectivity index (χ1v) is 5.51. The van der Waals surface area contributed by atoms with Crippen LogP contribution in [0.1, 0.15) is 0 Å². The van der Waals surface area contributed by atoms with E-state index in [1.54, 1.807) is 12.3 Å². The van der Waals surface area contributed by atoms with Gasteiger partial charge in [-0.3, -0.25) is 0 Å². The van der Waals surface area contributed by atoms with Gasteiger partial charge in [0.2, 0.25) is 0 Å². The van der Waals surface area contributed by atoms with Gasteiger partial charge >= 0.3 is 0 Å². The molecule has 0 spiro atoms. The van der Waals surface area contributed by atoms with Gasteiger partial charge in [-0.25, -0.2) is 4.98 Å². The van der Waals surface area contributed by atoms with Crippen LogP contribution in [0.3, 0.4) is 0 Å². The van der Waals surface area contributed by atoms with Crippen molar-refractivity contribution in [3.8, 4) is 11.1 Å². The molecule has 1 aromatic carbocycles. The zero-order valence-electron chi connectivity index (χ0n) is 7.74. The van der Waals surface area contributed by atoms with Crippen LogP contribution in [0.4, 0.5) is 5.69 Å². The van der Waals surface area contributed by atoms with Gasteiger partial charge in [-0.05, 0) is 23.8 Å². The van der Waals surface area contributed by atoms with Crippen LogP contribution in [0, 0.1) is 0 Å². The van der Waals surface area contributed by atoms with Gasteiger partial charge in [0.1, 0.15) is 5.15 Å². The summed E-state index contributed by atoms with van der Waals surface area (Å²) in [5.74, 6) is 0. The summed E-state index contributed by atoms with van der Waals surface area (Å²) in [6.07, 6.45) is 1.60. The highest BCUT2D eigenvalue weighted by molar-refractivity contribution is 9.10. The Morgan fingerprint density at radius 3 is 2.40 bits per heavy atom. The van der Waals surface area contributed by atoms with Crippen molar-refractivity contribution >= 4 is 33.2 Å². The van der Waals surface area contributed by atoms with Crippen molar-refractivity contribution in [1.82, 2.24) is 4.98 Å². The van der Waals surface area contributed by atoms with Crippen molar-refractivity contribution in [2.45, 2.75) is 0 Å². The Labute approximate surface area is 101 Å². The Morgan fingerprint density at radius 2 is 1.80 bits per heavy atom. The number of nitrogens with two attached hydrogens (primary N) is 1. The highest BCUT2D eigenvalue weighted by Crippen LogP contribution is 2.31. The van der Waals surface area contributed by atoms with Crippen molar-refractivity contribution in [2.75, 3.05) is 5.73 Å². The normalized spacial score (nSPS) is 10.3. The fourth-order valence-electron chi connectivity index (χ4n) is 1.35. The summed E-state index contributed by atoms with van der Waals surface area (Å²) < 4.78 is 1.02. The lowest BCUT2D eigenvalue weighted by Gasteiger charge is -2.06. The molecule has 2 N–H and O–H groups in total. The van der Waals surface area contributed by atoms with E-state index in [0.717, 1.165) is 15.6 Å². The molecule has 1 aromatic heterocycles. The molecule has 0 aliphatic carbocycles.